The molecule has 0 aliphatic carbocycles. The van der Waals surface area contributed by atoms with Crippen LogP contribution in [0.3, 0.4) is 0 Å². The molecule has 2 aromatic rings. The van der Waals surface area contributed by atoms with Gasteiger partial charge in [-0.05, 0) is 50.1 Å². The minimum atomic E-state index is 0.0141. The van der Waals surface area contributed by atoms with Crippen molar-refractivity contribution in [3.8, 4) is 0 Å². The van der Waals surface area contributed by atoms with Crippen LogP contribution in [0.2, 0.25) is 5.02 Å². The zero-order valence-corrected chi connectivity index (χ0v) is 14.5. The maximum absolute atomic E-state index is 13.3. The Hall–Kier alpha value is -2.00. The Bertz CT molecular complexity index is 744. The Kier molecular flexibility index (Phi) is 4.31. The van der Waals surface area contributed by atoms with Crippen LogP contribution in [0.15, 0.2) is 42.5 Å². The highest BCUT2D eigenvalue weighted by atomic mass is 35.5. The lowest BCUT2D eigenvalue weighted by atomic mass is 10.1. The van der Waals surface area contributed by atoms with E-state index in [1.54, 1.807) is 6.07 Å². The summed E-state index contributed by atoms with van der Waals surface area (Å²) in [6.07, 6.45) is 0.927. The first kappa shape index (κ1) is 15.9. The van der Waals surface area contributed by atoms with Gasteiger partial charge in [-0.2, -0.15) is 0 Å². The van der Waals surface area contributed by atoms with Gasteiger partial charge >= 0.3 is 0 Å². The smallest absolute Gasteiger partial charge is 0.258 e. The van der Waals surface area contributed by atoms with Gasteiger partial charge in [0, 0.05) is 30.2 Å². The number of aryl methyl sites for hydroxylation is 1. The summed E-state index contributed by atoms with van der Waals surface area (Å²) in [5, 5.41) is 0.590. The maximum Gasteiger partial charge on any atom is 0.258 e. The third-order valence-corrected chi connectivity index (χ3v) is 4.76. The molecule has 1 amide bonds. The largest absolute Gasteiger partial charge is 0.373 e. The SMILES string of the molecule is Cc1ccc(Cl)cc1C(=O)N1c2ccccc2N(C)CCC1C. The molecule has 3 rings (SSSR count). The Labute approximate surface area is 142 Å². The van der Waals surface area contributed by atoms with Gasteiger partial charge in [-0.1, -0.05) is 29.8 Å². The van der Waals surface area contributed by atoms with E-state index in [4.69, 9.17) is 11.6 Å². The molecular weight excluding hydrogens is 308 g/mol. The number of halogens is 1. The van der Waals surface area contributed by atoms with Crippen LogP contribution >= 0.6 is 11.6 Å². The van der Waals surface area contributed by atoms with Crippen LogP contribution in [0.25, 0.3) is 0 Å². The first-order chi connectivity index (χ1) is 11.0. The summed E-state index contributed by atoms with van der Waals surface area (Å²) < 4.78 is 0. The third kappa shape index (κ3) is 2.93. The molecule has 1 unspecified atom stereocenters. The average Bonchev–Trinajstić information content (AvgIpc) is 2.67. The van der Waals surface area contributed by atoms with E-state index < -0.39 is 0 Å². The third-order valence-electron chi connectivity index (χ3n) is 4.52. The van der Waals surface area contributed by atoms with Gasteiger partial charge in [0.25, 0.3) is 5.91 Å². The zero-order valence-electron chi connectivity index (χ0n) is 13.7. The number of hydrogen-bond acceptors (Lipinski definition) is 2. The molecule has 120 valence electrons. The fraction of sp³-hybridized carbons (Fsp3) is 0.316. The van der Waals surface area contributed by atoms with Gasteiger partial charge in [0.1, 0.15) is 0 Å². The summed E-state index contributed by atoms with van der Waals surface area (Å²) in [7, 11) is 2.07. The quantitative estimate of drug-likeness (QED) is 0.768. The van der Waals surface area contributed by atoms with Crippen LogP contribution in [-0.4, -0.2) is 25.5 Å². The molecule has 1 aliphatic rings. The molecule has 4 heteroatoms. The monoisotopic (exact) mass is 328 g/mol. The van der Waals surface area contributed by atoms with Crippen LogP contribution in [0.1, 0.15) is 29.3 Å². The minimum absolute atomic E-state index is 0.0141. The highest BCUT2D eigenvalue weighted by molar-refractivity contribution is 6.31. The highest BCUT2D eigenvalue weighted by Crippen LogP contribution is 2.35. The first-order valence-corrected chi connectivity index (χ1v) is 8.26. The lowest BCUT2D eigenvalue weighted by Crippen LogP contribution is -2.38. The summed E-state index contributed by atoms with van der Waals surface area (Å²) in [4.78, 5) is 17.4. The number of carbonyl (C=O) groups is 1. The van der Waals surface area contributed by atoms with Gasteiger partial charge in [0.15, 0.2) is 0 Å². The standard InChI is InChI=1S/C19H21ClN2O/c1-13-8-9-15(20)12-16(13)19(23)22-14(2)10-11-21(3)17-6-4-5-7-18(17)22/h4-9,12,14H,10-11H2,1-3H3. The van der Waals surface area contributed by atoms with E-state index in [0.717, 1.165) is 29.9 Å². The fourth-order valence-corrected chi connectivity index (χ4v) is 3.29. The van der Waals surface area contributed by atoms with E-state index >= 15 is 0 Å². The van der Waals surface area contributed by atoms with E-state index in [1.807, 2.05) is 42.2 Å². The van der Waals surface area contributed by atoms with Gasteiger partial charge in [-0.15, -0.1) is 0 Å². The second-order valence-corrected chi connectivity index (χ2v) is 6.62. The molecule has 1 aliphatic heterocycles. The molecule has 2 aromatic carbocycles. The van der Waals surface area contributed by atoms with Crippen LogP contribution in [0.5, 0.6) is 0 Å². The van der Waals surface area contributed by atoms with Gasteiger partial charge in [-0.25, -0.2) is 0 Å². The molecule has 0 N–H and O–H groups in total. The molecule has 0 radical (unpaired) electrons. The van der Waals surface area contributed by atoms with Crippen molar-refractivity contribution in [2.45, 2.75) is 26.3 Å². The van der Waals surface area contributed by atoms with E-state index in [0.29, 0.717) is 10.6 Å². The summed E-state index contributed by atoms with van der Waals surface area (Å²) in [5.74, 6) is 0.0141. The second kappa shape index (κ2) is 6.25. The van der Waals surface area contributed by atoms with Gasteiger partial charge in [-0.3, -0.25) is 4.79 Å². The van der Waals surface area contributed by atoms with E-state index in [2.05, 4.69) is 24.9 Å². The molecule has 3 nitrogen and oxygen atoms in total. The molecule has 23 heavy (non-hydrogen) atoms. The number of para-hydroxylation sites is 2. The van der Waals surface area contributed by atoms with Crippen molar-refractivity contribution in [2.24, 2.45) is 0 Å². The van der Waals surface area contributed by atoms with Gasteiger partial charge < -0.3 is 9.80 Å². The van der Waals surface area contributed by atoms with Crippen molar-refractivity contribution in [3.05, 3.63) is 58.6 Å². The van der Waals surface area contributed by atoms with Crippen LogP contribution in [0.4, 0.5) is 11.4 Å². The Morgan fingerprint density at radius 1 is 1.17 bits per heavy atom. The molecule has 1 heterocycles. The van der Waals surface area contributed by atoms with Crippen molar-refractivity contribution in [2.75, 3.05) is 23.4 Å². The number of anilines is 2. The number of benzene rings is 2. The van der Waals surface area contributed by atoms with Gasteiger partial charge in [0.2, 0.25) is 0 Å². The van der Waals surface area contributed by atoms with Crippen molar-refractivity contribution >= 4 is 28.9 Å². The molecule has 0 fully saturated rings. The number of fused-ring (bicyclic) bond motifs is 1. The topological polar surface area (TPSA) is 23.6 Å². The van der Waals surface area contributed by atoms with E-state index in [1.165, 1.54) is 0 Å². The highest BCUT2D eigenvalue weighted by Gasteiger charge is 2.29. The number of amides is 1. The van der Waals surface area contributed by atoms with Crippen molar-refractivity contribution < 1.29 is 4.79 Å². The average molecular weight is 329 g/mol. The van der Waals surface area contributed by atoms with Crippen LogP contribution in [-0.2, 0) is 0 Å². The normalized spacial score (nSPS) is 17.7. The molecule has 0 bridgehead atoms. The Morgan fingerprint density at radius 3 is 2.61 bits per heavy atom. The molecule has 0 spiro atoms. The van der Waals surface area contributed by atoms with Gasteiger partial charge in [0.05, 0.1) is 11.4 Å². The number of rotatable bonds is 1. The first-order valence-electron chi connectivity index (χ1n) is 7.89. The van der Waals surface area contributed by atoms with Crippen molar-refractivity contribution in [3.63, 3.8) is 0 Å². The van der Waals surface area contributed by atoms with Crippen LogP contribution in [0, 0.1) is 6.92 Å². The van der Waals surface area contributed by atoms with Crippen molar-refractivity contribution in [1.82, 2.24) is 0 Å². The predicted molar refractivity (Wildman–Crippen MR) is 96.8 cm³/mol. The van der Waals surface area contributed by atoms with Crippen molar-refractivity contribution in [1.29, 1.82) is 0 Å². The summed E-state index contributed by atoms with van der Waals surface area (Å²) >= 11 is 6.11. The Morgan fingerprint density at radius 2 is 1.87 bits per heavy atom. The summed E-state index contributed by atoms with van der Waals surface area (Å²) in [6.45, 7) is 4.98. The van der Waals surface area contributed by atoms with E-state index in [9.17, 15) is 4.79 Å². The van der Waals surface area contributed by atoms with E-state index in [-0.39, 0.29) is 11.9 Å². The maximum atomic E-state index is 13.3. The minimum Gasteiger partial charge on any atom is -0.373 e. The second-order valence-electron chi connectivity index (χ2n) is 6.18. The summed E-state index contributed by atoms with van der Waals surface area (Å²) in [6, 6.07) is 13.7. The fourth-order valence-electron chi connectivity index (χ4n) is 3.12. The number of hydrogen-bond donors (Lipinski definition) is 0. The lowest BCUT2D eigenvalue weighted by Gasteiger charge is -2.29. The number of nitrogens with zero attached hydrogens (tertiary/aromatic N) is 2. The molecule has 0 aromatic heterocycles. The molecule has 0 saturated heterocycles. The predicted octanol–water partition coefficient (Wildman–Crippen LogP) is 4.52. The molecule has 1 atom stereocenters. The lowest BCUT2D eigenvalue weighted by molar-refractivity contribution is 0.0977. The Balaban J connectivity index is 2.11. The summed E-state index contributed by atoms with van der Waals surface area (Å²) in [5.41, 5.74) is 3.67. The number of carbonyl (C=O) groups excluding carboxylic acids is 1. The molecular formula is C19H21ClN2O. The zero-order chi connectivity index (χ0) is 16.6. The van der Waals surface area contributed by atoms with Crippen LogP contribution < -0.4 is 9.80 Å². The molecule has 0 saturated carbocycles.